The van der Waals surface area contributed by atoms with Crippen LogP contribution in [0.5, 0.6) is 0 Å². The molecule has 0 saturated carbocycles. The first-order chi connectivity index (χ1) is 17.2. The zero-order valence-corrected chi connectivity index (χ0v) is 19.4. The molecule has 0 atom stereocenters. The molecule has 35 heavy (non-hydrogen) atoms. The van der Waals surface area contributed by atoms with Crippen molar-refractivity contribution in [2.75, 3.05) is 36.0 Å². The lowest BCUT2D eigenvalue weighted by atomic mass is 10.2. The Bertz CT molecular complexity index is 1500. The Morgan fingerprint density at radius 1 is 0.743 bits per heavy atom. The van der Waals surface area contributed by atoms with Crippen molar-refractivity contribution >= 4 is 34.0 Å². The maximum atomic E-state index is 14.3. The molecule has 0 spiro atoms. The van der Waals surface area contributed by atoms with Crippen LogP contribution >= 0.6 is 11.6 Å². The lowest BCUT2D eigenvalue weighted by molar-refractivity contribution is 0.578. The summed E-state index contributed by atoms with van der Waals surface area (Å²) in [7, 11) is 0. The van der Waals surface area contributed by atoms with E-state index in [9.17, 15) is 4.39 Å². The Labute approximate surface area is 205 Å². The van der Waals surface area contributed by atoms with E-state index >= 15 is 0 Å². The zero-order chi connectivity index (χ0) is 23.8. The second-order valence-corrected chi connectivity index (χ2v) is 8.67. The SMILES string of the molecule is Fc1ccccc1N1CCN(c2nc(-c3nnc(-c4ccc(Cl)cc4)o3)nc3ccccc23)CC1. The minimum absolute atomic E-state index is 0.205. The minimum Gasteiger partial charge on any atom is -0.413 e. The second-order valence-electron chi connectivity index (χ2n) is 8.23. The number of aromatic nitrogens is 4. The first-order valence-electron chi connectivity index (χ1n) is 11.3. The molecule has 1 fully saturated rings. The Balaban J connectivity index is 1.32. The molecule has 1 aliphatic heterocycles. The number of benzene rings is 3. The van der Waals surface area contributed by atoms with Gasteiger partial charge in [0.1, 0.15) is 11.6 Å². The molecule has 0 bridgehead atoms. The quantitative estimate of drug-likeness (QED) is 0.333. The van der Waals surface area contributed by atoms with Gasteiger partial charge in [0.25, 0.3) is 5.89 Å². The number of rotatable bonds is 4. The average molecular weight is 487 g/mol. The Morgan fingerprint density at radius 3 is 2.23 bits per heavy atom. The number of anilines is 2. The summed E-state index contributed by atoms with van der Waals surface area (Å²) < 4.78 is 20.2. The third kappa shape index (κ3) is 4.17. The number of fused-ring (bicyclic) bond motifs is 1. The molecule has 3 heterocycles. The van der Waals surface area contributed by atoms with Crippen molar-refractivity contribution in [1.29, 1.82) is 0 Å². The Kier molecular flexibility index (Phi) is 5.50. The maximum absolute atomic E-state index is 14.3. The monoisotopic (exact) mass is 486 g/mol. The van der Waals surface area contributed by atoms with Gasteiger partial charge in [0.15, 0.2) is 0 Å². The first-order valence-corrected chi connectivity index (χ1v) is 11.6. The van der Waals surface area contributed by atoms with Gasteiger partial charge in [-0.3, -0.25) is 0 Å². The summed E-state index contributed by atoms with van der Waals surface area (Å²) in [4.78, 5) is 13.8. The van der Waals surface area contributed by atoms with Crippen molar-refractivity contribution < 1.29 is 8.81 Å². The normalized spacial score (nSPS) is 14.0. The highest BCUT2D eigenvalue weighted by atomic mass is 35.5. The number of nitrogens with zero attached hydrogens (tertiary/aromatic N) is 6. The van der Waals surface area contributed by atoms with Crippen LogP contribution in [0.15, 0.2) is 77.2 Å². The Morgan fingerprint density at radius 2 is 1.43 bits per heavy atom. The summed E-state index contributed by atoms with van der Waals surface area (Å²) in [5.74, 6) is 1.57. The van der Waals surface area contributed by atoms with Crippen LogP contribution in [0, 0.1) is 5.82 Å². The molecule has 0 radical (unpaired) electrons. The lowest BCUT2D eigenvalue weighted by Gasteiger charge is -2.37. The number of halogens is 2. The molecule has 1 saturated heterocycles. The standard InChI is InChI=1S/C26H20ClFN6O/c27-18-11-9-17(10-12-18)25-31-32-26(35-25)23-29-21-7-3-1-5-19(21)24(30-23)34-15-13-33(14-16-34)22-8-4-2-6-20(22)28/h1-12H,13-16H2. The van der Waals surface area contributed by atoms with Crippen molar-refractivity contribution in [3.8, 4) is 23.2 Å². The molecule has 7 nitrogen and oxygen atoms in total. The van der Waals surface area contributed by atoms with Crippen LogP contribution in [-0.4, -0.2) is 46.3 Å². The number of piperazine rings is 1. The van der Waals surface area contributed by atoms with Crippen molar-refractivity contribution in [1.82, 2.24) is 20.2 Å². The molecule has 6 rings (SSSR count). The zero-order valence-electron chi connectivity index (χ0n) is 18.6. The van der Waals surface area contributed by atoms with Gasteiger partial charge in [0.2, 0.25) is 11.7 Å². The number of hydrogen-bond donors (Lipinski definition) is 0. The van der Waals surface area contributed by atoms with Gasteiger partial charge in [-0.2, -0.15) is 0 Å². The van der Waals surface area contributed by atoms with E-state index in [-0.39, 0.29) is 11.7 Å². The molecular formula is C26H20ClFN6O. The van der Waals surface area contributed by atoms with Gasteiger partial charge >= 0.3 is 0 Å². The highest BCUT2D eigenvalue weighted by Crippen LogP contribution is 2.30. The second kappa shape index (κ2) is 8.96. The van der Waals surface area contributed by atoms with Crippen LogP contribution in [-0.2, 0) is 0 Å². The smallest absolute Gasteiger partial charge is 0.286 e. The first kappa shape index (κ1) is 21.5. The fraction of sp³-hybridized carbons (Fsp3) is 0.154. The van der Waals surface area contributed by atoms with E-state index < -0.39 is 0 Å². The molecule has 174 valence electrons. The highest BCUT2D eigenvalue weighted by molar-refractivity contribution is 6.30. The predicted molar refractivity (Wildman–Crippen MR) is 134 cm³/mol. The van der Waals surface area contributed by atoms with Crippen LogP contribution in [0.4, 0.5) is 15.9 Å². The fourth-order valence-corrected chi connectivity index (χ4v) is 4.41. The van der Waals surface area contributed by atoms with E-state index in [4.69, 9.17) is 21.0 Å². The summed E-state index contributed by atoms with van der Waals surface area (Å²) >= 11 is 5.99. The van der Waals surface area contributed by atoms with E-state index in [2.05, 4.69) is 25.0 Å². The fourth-order valence-electron chi connectivity index (χ4n) is 4.29. The van der Waals surface area contributed by atoms with E-state index in [1.54, 1.807) is 18.2 Å². The van der Waals surface area contributed by atoms with Gasteiger partial charge < -0.3 is 14.2 Å². The van der Waals surface area contributed by atoms with E-state index in [0.717, 1.165) is 22.3 Å². The molecule has 5 aromatic rings. The van der Waals surface area contributed by atoms with Gasteiger partial charge in [0.05, 0.1) is 11.2 Å². The third-order valence-electron chi connectivity index (χ3n) is 6.06. The largest absolute Gasteiger partial charge is 0.413 e. The number of para-hydroxylation sites is 2. The highest BCUT2D eigenvalue weighted by Gasteiger charge is 2.24. The lowest BCUT2D eigenvalue weighted by Crippen LogP contribution is -2.47. The van der Waals surface area contributed by atoms with Gasteiger partial charge in [-0.15, -0.1) is 10.2 Å². The molecule has 3 aromatic carbocycles. The van der Waals surface area contributed by atoms with E-state index in [0.29, 0.717) is 48.6 Å². The van der Waals surface area contributed by atoms with Crippen molar-refractivity contribution in [2.24, 2.45) is 0 Å². The van der Waals surface area contributed by atoms with Gasteiger partial charge in [-0.25, -0.2) is 14.4 Å². The summed E-state index contributed by atoms with van der Waals surface area (Å²) in [6.07, 6.45) is 0. The van der Waals surface area contributed by atoms with Crippen LogP contribution in [0.2, 0.25) is 5.02 Å². The van der Waals surface area contributed by atoms with E-state index in [1.807, 2.05) is 48.5 Å². The minimum atomic E-state index is -0.205. The van der Waals surface area contributed by atoms with Crippen molar-refractivity contribution in [2.45, 2.75) is 0 Å². The van der Waals surface area contributed by atoms with E-state index in [1.165, 1.54) is 6.07 Å². The van der Waals surface area contributed by atoms with Crippen LogP contribution < -0.4 is 9.80 Å². The van der Waals surface area contributed by atoms with Crippen LogP contribution in [0.25, 0.3) is 34.1 Å². The Hall–Kier alpha value is -4.04. The third-order valence-corrected chi connectivity index (χ3v) is 6.31. The molecule has 0 N–H and O–H groups in total. The molecule has 0 amide bonds. The molecule has 0 unspecified atom stereocenters. The molecule has 2 aromatic heterocycles. The molecule has 9 heteroatoms. The van der Waals surface area contributed by atoms with Gasteiger partial charge in [-0.1, -0.05) is 35.9 Å². The van der Waals surface area contributed by atoms with Gasteiger partial charge in [-0.05, 0) is 48.5 Å². The average Bonchev–Trinajstić information content (AvgIpc) is 3.39. The maximum Gasteiger partial charge on any atom is 0.286 e. The van der Waals surface area contributed by atoms with Gasteiger partial charge in [0, 0.05) is 42.2 Å². The van der Waals surface area contributed by atoms with Crippen molar-refractivity contribution in [3.63, 3.8) is 0 Å². The summed E-state index contributed by atoms with van der Waals surface area (Å²) in [6, 6.07) is 21.9. The molecule has 1 aliphatic rings. The topological polar surface area (TPSA) is 71.2 Å². The van der Waals surface area contributed by atoms with Crippen LogP contribution in [0.1, 0.15) is 0 Å². The summed E-state index contributed by atoms with van der Waals surface area (Å²) in [5, 5.41) is 9.94. The summed E-state index contributed by atoms with van der Waals surface area (Å²) in [5.41, 5.74) is 2.18. The number of hydrogen-bond acceptors (Lipinski definition) is 7. The predicted octanol–water partition coefficient (Wildman–Crippen LogP) is 5.47. The molecule has 0 aliphatic carbocycles. The van der Waals surface area contributed by atoms with Crippen LogP contribution in [0.3, 0.4) is 0 Å². The molecular weight excluding hydrogens is 467 g/mol. The van der Waals surface area contributed by atoms with Crippen molar-refractivity contribution in [3.05, 3.63) is 83.6 Å². The summed E-state index contributed by atoms with van der Waals surface area (Å²) in [6.45, 7) is 2.73.